The number of ether oxygens (including phenoxy) is 2. The lowest BCUT2D eigenvalue weighted by Crippen LogP contribution is -2.21. The van der Waals surface area contributed by atoms with Crippen LogP contribution in [0.5, 0.6) is 11.5 Å². The number of aryl methyl sites for hydroxylation is 1. The first kappa shape index (κ1) is 19.8. The molecule has 7 heteroatoms. The van der Waals surface area contributed by atoms with Gasteiger partial charge in [-0.25, -0.2) is 0 Å². The van der Waals surface area contributed by atoms with E-state index in [1.54, 1.807) is 31.4 Å². The average molecular weight is 400 g/mol. The Bertz CT molecular complexity index is 968. The number of halogens is 1. The van der Waals surface area contributed by atoms with Gasteiger partial charge in [-0.15, -0.1) is 0 Å². The molecule has 0 radical (unpaired) electrons. The number of anilines is 1. The van der Waals surface area contributed by atoms with Gasteiger partial charge in [0.2, 0.25) is 0 Å². The SMILES string of the molecule is COc1cccc(Cn2nc(C)c(NC(=O)COc3ccc(Cl)cc3)c2C)c1. The molecule has 1 amide bonds. The van der Waals surface area contributed by atoms with E-state index < -0.39 is 0 Å². The van der Waals surface area contributed by atoms with Crippen molar-refractivity contribution in [1.29, 1.82) is 0 Å². The molecule has 0 aliphatic heterocycles. The van der Waals surface area contributed by atoms with E-state index in [0.29, 0.717) is 23.0 Å². The largest absolute Gasteiger partial charge is 0.497 e. The summed E-state index contributed by atoms with van der Waals surface area (Å²) >= 11 is 5.84. The highest BCUT2D eigenvalue weighted by Gasteiger charge is 2.15. The number of aromatic nitrogens is 2. The summed E-state index contributed by atoms with van der Waals surface area (Å²) in [6.07, 6.45) is 0. The highest BCUT2D eigenvalue weighted by Crippen LogP contribution is 2.22. The lowest BCUT2D eigenvalue weighted by molar-refractivity contribution is -0.118. The van der Waals surface area contributed by atoms with E-state index in [-0.39, 0.29) is 12.5 Å². The summed E-state index contributed by atoms with van der Waals surface area (Å²) in [6, 6.07) is 14.7. The Morgan fingerprint density at radius 1 is 1.14 bits per heavy atom. The van der Waals surface area contributed by atoms with Crippen LogP contribution in [0.15, 0.2) is 48.5 Å². The van der Waals surface area contributed by atoms with Crippen molar-refractivity contribution in [2.75, 3.05) is 19.0 Å². The van der Waals surface area contributed by atoms with Crippen LogP contribution in [0.25, 0.3) is 0 Å². The molecular formula is C21H22ClN3O3. The quantitative estimate of drug-likeness (QED) is 0.645. The minimum atomic E-state index is -0.248. The van der Waals surface area contributed by atoms with Gasteiger partial charge in [0.1, 0.15) is 11.5 Å². The van der Waals surface area contributed by atoms with Crippen molar-refractivity contribution in [3.63, 3.8) is 0 Å². The topological polar surface area (TPSA) is 65.4 Å². The zero-order valence-corrected chi connectivity index (χ0v) is 16.8. The normalized spacial score (nSPS) is 10.6. The number of amides is 1. The number of hydrogen-bond donors (Lipinski definition) is 1. The van der Waals surface area contributed by atoms with Crippen molar-refractivity contribution in [2.45, 2.75) is 20.4 Å². The van der Waals surface area contributed by atoms with Crippen LogP contribution in [0, 0.1) is 13.8 Å². The maximum Gasteiger partial charge on any atom is 0.262 e. The first-order chi connectivity index (χ1) is 13.5. The van der Waals surface area contributed by atoms with Crippen LogP contribution in [-0.4, -0.2) is 29.4 Å². The van der Waals surface area contributed by atoms with Crippen LogP contribution >= 0.6 is 11.6 Å². The van der Waals surface area contributed by atoms with Crippen molar-refractivity contribution in [3.8, 4) is 11.5 Å². The molecule has 146 valence electrons. The van der Waals surface area contributed by atoms with Gasteiger partial charge in [-0.05, 0) is 55.8 Å². The van der Waals surface area contributed by atoms with E-state index in [2.05, 4.69) is 10.4 Å². The molecule has 3 aromatic rings. The summed E-state index contributed by atoms with van der Waals surface area (Å²) in [6.45, 7) is 4.28. The summed E-state index contributed by atoms with van der Waals surface area (Å²) in [5, 5.41) is 8.06. The van der Waals surface area contributed by atoms with Gasteiger partial charge < -0.3 is 14.8 Å². The predicted molar refractivity (Wildman–Crippen MR) is 109 cm³/mol. The molecule has 6 nitrogen and oxygen atoms in total. The number of hydrogen-bond acceptors (Lipinski definition) is 4. The van der Waals surface area contributed by atoms with Crippen molar-refractivity contribution >= 4 is 23.2 Å². The first-order valence-corrected chi connectivity index (χ1v) is 9.19. The molecule has 0 saturated heterocycles. The highest BCUT2D eigenvalue weighted by atomic mass is 35.5. The summed E-state index contributed by atoms with van der Waals surface area (Å²) < 4.78 is 12.6. The fourth-order valence-corrected chi connectivity index (χ4v) is 2.96. The number of methoxy groups -OCH3 is 1. The van der Waals surface area contributed by atoms with Crippen LogP contribution in [0.2, 0.25) is 5.02 Å². The van der Waals surface area contributed by atoms with Gasteiger partial charge in [0, 0.05) is 5.02 Å². The molecule has 0 saturated carbocycles. The lowest BCUT2D eigenvalue weighted by Gasteiger charge is -2.09. The molecular weight excluding hydrogens is 378 g/mol. The zero-order valence-electron chi connectivity index (χ0n) is 16.0. The molecule has 0 atom stereocenters. The van der Waals surface area contributed by atoms with E-state index in [0.717, 1.165) is 22.7 Å². The van der Waals surface area contributed by atoms with E-state index >= 15 is 0 Å². The Hall–Kier alpha value is -2.99. The molecule has 0 unspecified atom stereocenters. The minimum Gasteiger partial charge on any atom is -0.497 e. The number of nitrogens with zero attached hydrogens (tertiary/aromatic N) is 2. The number of carbonyl (C=O) groups excluding carboxylic acids is 1. The zero-order chi connectivity index (χ0) is 20.1. The standard InChI is InChI=1S/C21H22ClN3O3/c1-14-21(23-20(26)13-28-18-9-7-17(22)8-10-18)15(2)25(24-14)12-16-5-4-6-19(11-16)27-3/h4-11H,12-13H2,1-3H3,(H,23,26). The van der Waals surface area contributed by atoms with Gasteiger partial charge in [0.25, 0.3) is 5.91 Å². The fourth-order valence-electron chi connectivity index (χ4n) is 2.83. The molecule has 3 rings (SSSR count). The number of carbonyl (C=O) groups is 1. The molecule has 0 aliphatic rings. The molecule has 0 fully saturated rings. The van der Waals surface area contributed by atoms with Gasteiger partial charge >= 0.3 is 0 Å². The summed E-state index contributed by atoms with van der Waals surface area (Å²) in [4.78, 5) is 12.3. The van der Waals surface area contributed by atoms with Crippen molar-refractivity contribution in [3.05, 3.63) is 70.5 Å². The third-order valence-corrected chi connectivity index (χ3v) is 4.55. The second kappa shape index (κ2) is 8.80. The van der Waals surface area contributed by atoms with Crippen molar-refractivity contribution < 1.29 is 14.3 Å². The second-order valence-electron chi connectivity index (χ2n) is 6.35. The van der Waals surface area contributed by atoms with E-state index in [4.69, 9.17) is 21.1 Å². The third kappa shape index (κ3) is 4.84. The lowest BCUT2D eigenvalue weighted by atomic mass is 10.2. The summed E-state index contributed by atoms with van der Waals surface area (Å²) in [5.41, 5.74) is 3.39. The monoisotopic (exact) mass is 399 g/mol. The number of rotatable bonds is 7. The summed E-state index contributed by atoms with van der Waals surface area (Å²) in [5.74, 6) is 1.13. The molecule has 1 N–H and O–H groups in total. The fraction of sp³-hybridized carbons (Fsp3) is 0.238. The van der Waals surface area contributed by atoms with Crippen LogP contribution in [-0.2, 0) is 11.3 Å². The highest BCUT2D eigenvalue weighted by molar-refractivity contribution is 6.30. The Kier molecular flexibility index (Phi) is 6.21. The van der Waals surface area contributed by atoms with Gasteiger partial charge in [-0.2, -0.15) is 5.10 Å². The van der Waals surface area contributed by atoms with E-state index in [9.17, 15) is 4.79 Å². The Morgan fingerprint density at radius 2 is 1.89 bits per heavy atom. The molecule has 0 bridgehead atoms. The van der Waals surface area contributed by atoms with Gasteiger partial charge in [-0.3, -0.25) is 9.48 Å². The molecule has 1 heterocycles. The van der Waals surface area contributed by atoms with Crippen LogP contribution in [0.1, 0.15) is 17.0 Å². The van der Waals surface area contributed by atoms with Crippen LogP contribution in [0.3, 0.4) is 0 Å². The maximum atomic E-state index is 12.3. The van der Waals surface area contributed by atoms with E-state index in [1.165, 1.54) is 0 Å². The predicted octanol–water partition coefficient (Wildman–Crippen LogP) is 4.23. The van der Waals surface area contributed by atoms with Crippen molar-refractivity contribution in [1.82, 2.24) is 9.78 Å². The Morgan fingerprint density at radius 3 is 2.61 bits per heavy atom. The minimum absolute atomic E-state index is 0.0957. The molecule has 1 aromatic heterocycles. The smallest absolute Gasteiger partial charge is 0.262 e. The third-order valence-electron chi connectivity index (χ3n) is 4.30. The number of nitrogens with one attached hydrogen (secondary N) is 1. The summed E-state index contributed by atoms with van der Waals surface area (Å²) in [7, 11) is 1.64. The second-order valence-corrected chi connectivity index (χ2v) is 6.78. The average Bonchev–Trinajstić information content (AvgIpc) is 2.95. The van der Waals surface area contributed by atoms with Crippen molar-refractivity contribution in [2.24, 2.45) is 0 Å². The van der Waals surface area contributed by atoms with Crippen LogP contribution in [0.4, 0.5) is 5.69 Å². The molecule has 0 spiro atoms. The Balaban J connectivity index is 1.65. The molecule has 28 heavy (non-hydrogen) atoms. The van der Waals surface area contributed by atoms with Gasteiger partial charge in [0.15, 0.2) is 6.61 Å². The molecule has 0 aliphatic carbocycles. The molecule has 2 aromatic carbocycles. The first-order valence-electron chi connectivity index (χ1n) is 8.81. The van der Waals surface area contributed by atoms with Crippen LogP contribution < -0.4 is 14.8 Å². The maximum absolute atomic E-state index is 12.3. The number of benzene rings is 2. The van der Waals surface area contributed by atoms with E-state index in [1.807, 2.05) is 42.8 Å². The van der Waals surface area contributed by atoms with Gasteiger partial charge in [-0.1, -0.05) is 23.7 Å². The van der Waals surface area contributed by atoms with Gasteiger partial charge in [0.05, 0.1) is 30.7 Å². The Labute approximate surface area is 169 Å².